The molecule has 0 unspecified atom stereocenters. The highest BCUT2D eigenvalue weighted by Gasteiger charge is 2.54. The Morgan fingerprint density at radius 3 is 2.45 bits per heavy atom. The van der Waals surface area contributed by atoms with Crippen LogP contribution in [0, 0.1) is 6.92 Å². The summed E-state index contributed by atoms with van der Waals surface area (Å²) in [6.07, 6.45) is -5.12. The number of benzene rings is 2. The minimum Gasteiger partial charge on any atom is -0.383 e. The van der Waals surface area contributed by atoms with Crippen LogP contribution in [0.25, 0.3) is 0 Å². The molecule has 1 fully saturated rings. The molecule has 3 rings (SSSR count). The molecule has 3 amide bonds. The number of nitrogens with zero attached hydrogens (tertiary/aromatic N) is 1. The molecule has 2 aromatic rings. The van der Waals surface area contributed by atoms with Crippen LogP contribution >= 0.6 is 0 Å². The summed E-state index contributed by atoms with van der Waals surface area (Å²) in [6, 6.07) is 12.0. The Hall–Kier alpha value is -3.20. The highest BCUT2D eigenvalue weighted by molar-refractivity contribution is 6.11. The zero-order valence-corrected chi connectivity index (χ0v) is 18.4. The summed E-state index contributed by atoms with van der Waals surface area (Å²) >= 11 is 0. The number of carbonyl (C=O) groups excluding carboxylic acids is 3. The Kier molecular flexibility index (Phi) is 7.22. The van der Waals surface area contributed by atoms with Gasteiger partial charge < -0.3 is 10.1 Å². The van der Waals surface area contributed by atoms with Crippen molar-refractivity contribution in [3.63, 3.8) is 0 Å². The second-order valence-electron chi connectivity index (χ2n) is 8.03. The number of amides is 3. The molecule has 0 radical (unpaired) electrons. The average molecular weight is 462 g/mol. The van der Waals surface area contributed by atoms with Crippen molar-refractivity contribution in [1.29, 1.82) is 0 Å². The van der Waals surface area contributed by atoms with Crippen LogP contribution in [-0.2, 0) is 37.3 Å². The van der Waals surface area contributed by atoms with Crippen LogP contribution in [0.2, 0.25) is 0 Å². The number of rotatable bonds is 8. The van der Waals surface area contributed by atoms with Gasteiger partial charge in [-0.2, -0.15) is 13.2 Å². The molecule has 176 valence electrons. The molecule has 33 heavy (non-hydrogen) atoms. The molecule has 0 bridgehead atoms. The molecule has 0 spiro atoms. The van der Waals surface area contributed by atoms with Crippen molar-refractivity contribution in [3.05, 3.63) is 70.8 Å². The van der Waals surface area contributed by atoms with E-state index in [-0.39, 0.29) is 38.1 Å². The van der Waals surface area contributed by atoms with Crippen LogP contribution in [0.4, 0.5) is 13.2 Å². The maximum Gasteiger partial charge on any atom is 0.416 e. The molecule has 1 aliphatic heterocycles. The summed E-state index contributed by atoms with van der Waals surface area (Å²) in [5.74, 6) is -1.55. The lowest BCUT2D eigenvalue weighted by atomic mass is 9.74. The fourth-order valence-electron chi connectivity index (χ4n) is 4.24. The maximum atomic E-state index is 13.4. The number of hydrogen-bond acceptors (Lipinski definition) is 4. The molecule has 2 aromatic carbocycles. The van der Waals surface area contributed by atoms with Crippen molar-refractivity contribution in [1.82, 2.24) is 10.2 Å². The molecule has 1 heterocycles. The van der Waals surface area contributed by atoms with Crippen LogP contribution in [0.5, 0.6) is 0 Å². The minimum atomic E-state index is -4.56. The van der Waals surface area contributed by atoms with Gasteiger partial charge in [-0.1, -0.05) is 42.5 Å². The molecule has 0 aliphatic carbocycles. The summed E-state index contributed by atoms with van der Waals surface area (Å²) in [5.41, 5.74) is -1.06. The zero-order chi connectivity index (χ0) is 24.2. The standard InChI is InChI=1S/C24H25F3N2O4/c1-16-7-3-5-9-18(16)23(14-21(31)29(22(23)32)11-12-33-2)13-20(30)28-15-17-8-4-6-10-19(17)24(25,26)27/h3-10H,11-15H2,1-2H3,(H,28,30)/t23-/m0/s1. The third-order valence-corrected chi connectivity index (χ3v) is 5.85. The number of imide groups is 1. The summed E-state index contributed by atoms with van der Waals surface area (Å²) in [5, 5.41) is 2.50. The Labute approximate surface area is 189 Å². The molecule has 0 aromatic heterocycles. The van der Waals surface area contributed by atoms with E-state index in [1.807, 2.05) is 0 Å². The molecular formula is C24H25F3N2O4. The predicted octanol–water partition coefficient (Wildman–Crippen LogP) is 3.36. The first-order chi connectivity index (χ1) is 15.6. The smallest absolute Gasteiger partial charge is 0.383 e. The van der Waals surface area contributed by atoms with Gasteiger partial charge in [0.05, 0.1) is 24.1 Å². The van der Waals surface area contributed by atoms with Gasteiger partial charge >= 0.3 is 6.18 Å². The first kappa shape index (κ1) is 24.4. The average Bonchev–Trinajstić information content (AvgIpc) is 3.00. The number of halogens is 3. The number of ether oxygens (including phenoxy) is 1. The predicted molar refractivity (Wildman–Crippen MR) is 114 cm³/mol. The summed E-state index contributed by atoms with van der Waals surface area (Å²) in [4.78, 5) is 40.1. The molecule has 1 aliphatic rings. The van der Waals surface area contributed by atoms with Gasteiger partial charge in [-0.25, -0.2) is 0 Å². The summed E-state index contributed by atoms with van der Waals surface area (Å²) in [6.45, 7) is 1.64. The van der Waals surface area contributed by atoms with Gasteiger partial charge in [-0.05, 0) is 29.7 Å². The monoisotopic (exact) mass is 462 g/mol. The fourth-order valence-corrected chi connectivity index (χ4v) is 4.24. The number of nitrogens with one attached hydrogen (secondary N) is 1. The molecule has 9 heteroatoms. The van der Waals surface area contributed by atoms with E-state index in [2.05, 4.69) is 5.32 Å². The lowest BCUT2D eigenvalue weighted by Crippen LogP contribution is -2.43. The number of aryl methyl sites for hydroxylation is 1. The number of likely N-dealkylation sites (tertiary alicyclic amines) is 1. The summed E-state index contributed by atoms with van der Waals surface area (Å²) < 4.78 is 44.8. The molecule has 1 saturated heterocycles. The van der Waals surface area contributed by atoms with Gasteiger partial charge in [-0.15, -0.1) is 0 Å². The van der Waals surface area contributed by atoms with Crippen LogP contribution in [0.15, 0.2) is 48.5 Å². The lowest BCUT2D eigenvalue weighted by Gasteiger charge is -2.28. The van der Waals surface area contributed by atoms with Crippen molar-refractivity contribution >= 4 is 17.7 Å². The third-order valence-electron chi connectivity index (χ3n) is 5.85. The second kappa shape index (κ2) is 9.74. The third kappa shape index (κ3) is 5.08. The molecular weight excluding hydrogens is 437 g/mol. The number of hydrogen-bond donors (Lipinski definition) is 1. The second-order valence-corrected chi connectivity index (χ2v) is 8.03. The number of methoxy groups -OCH3 is 1. The van der Waals surface area contributed by atoms with Gasteiger partial charge in [0.25, 0.3) is 0 Å². The first-order valence-corrected chi connectivity index (χ1v) is 10.4. The Morgan fingerprint density at radius 1 is 1.12 bits per heavy atom. The van der Waals surface area contributed by atoms with Crippen molar-refractivity contribution in [2.45, 2.75) is 37.9 Å². The topological polar surface area (TPSA) is 75.7 Å². The van der Waals surface area contributed by atoms with Gasteiger partial charge in [0, 0.05) is 26.5 Å². The Bertz CT molecular complexity index is 1050. The van der Waals surface area contributed by atoms with Crippen molar-refractivity contribution < 1.29 is 32.3 Å². The van der Waals surface area contributed by atoms with Crippen LogP contribution in [0.1, 0.15) is 35.1 Å². The van der Waals surface area contributed by atoms with E-state index in [1.54, 1.807) is 31.2 Å². The number of alkyl halides is 3. The first-order valence-electron chi connectivity index (χ1n) is 10.4. The van der Waals surface area contributed by atoms with E-state index in [0.29, 0.717) is 5.56 Å². The Balaban J connectivity index is 1.87. The van der Waals surface area contributed by atoms with E-state index in [4.69, 9.17) is 4.74 Å². The van der Waals surface area contributed by atoms with Crippen LogP contribution in [-0.4, -0.2) is 42.9 Å². The van der Waals surface area contributed by atoms with Gasteiger partial charge in [-0.3, -0.25) is 19.3 Å². The van der Waals surface area contributed by atoms with E-state index in [0.717, 1.165) is 16.5 Å². The minimum absolute atomic E-state index is 0.0579. The van der Waals surface area contributed by atoms with E-state index in [1.165, 1.54) is 25.3 Å². The highest BCUT2D eigenvalue weighted by atomic mass is 19.4. The van der Waals surface area contributed by atoms with E-state index >= 15 is 0 Å². The Morgan fingerprint density at radius 2 is 1.79 bits per heavy atom. The maximum absolute atomic E-state index is 13.4. The quantitative estimate of drug-likeness (QED) is 0.611. The van der Waals surface area contributed by atoms with Crippen molar-refractivity contribution in [2.75, 3.05) is 20.3 Å². The summed E-state index contributed by atoms with van der Waals surface area (Å²) in [7, 11) is 1.45. The largest absolute Gasteiger partial charge is 0.416 e. The molecule has 1 N–H and O–H groups in total. The molecule has 1 atom stereocenters. The SMILES string of the molecule is COCCN1C(=O)C[C@@](CC(=O)NCc2ccccc2C(F)(F)F)(c2ccccc2C)C1=O. The van der Waals surface area contributed by atoms with E-state index < -0.39 is 34.9 Å². The van der Waals surface area contributed by atoms with Crippen molar-refractivity contribution in [3.8, 4) is 0 Å². The van der Waals surface area contributed by atoms with E-state index in [9.17, 15) is 27.6 Å². The molecule has 0 saturated carbocycles. The molecule has 6 nitrogen and oxygen atoms in total. The van der Waals surface area contributed by atoms with Crippen LogP contribution < -0.4 is 5.32 Å². The number of carbonyl (C=O) groups is 3. The van der Waals surface area contributed by atoms with Crippen molar-refractivity contribution in [2.24, 2.45) is 0 Å². The lowest BCUT2D eigenvalue weighted by molar-refractivity contribution is -0.141. The van der Waals surface area contributed by atoms with Gasteiger partial charge in [0.2, 0.25) is 17.7 Å². The normalized spacial score (nSPS) is 18.6. The zero-order valence-electron chi connectivity index (χ0n) is 18.4. The highest BCUT2D eigenvalue weighted by Crippen LogP contribution is 2.41. The van der Waals surface area contributed by atoms with Gasteiger partial charge in [0.1, 0.15) is 0 Å². The fraction of sp³-hybridized carbons (Fsp3) is 0.375. The van der Waals surface area contributed by atoms with Crippen LogP contribution in [0.3, 0.4) is 0 Å². The van der Waals surface area contributed by atoms with Gasteiger partial charge in [0.15, 0.2) is 0 Å².